The number of carbonyl (C=O) groups is 2. The Hall–Kier alpha value is -4.52. The van der Waals surface area contributed by atoms with Gasteiger partial charge < -0.3 is 9.84 Å². The molecule has 4 aromatic rings. The van der Waals surface area contributed by atoms with Gasteiger partial charge in [-0.2, -0.15) is 0 Å². The third-order valence-corrected chi connectivity index (χ3v) is 4.69. The van der Waals surface area contributed by atoms with E-state index in [-0.39, 0.29) is 23.8 Å². The van der Waals surface area contributed by atoms with Crippen molar-refractivity contribution in [3.05, 3.63) is 102 Å². The first kappa shape index (κ1) is 20.7. The number of aromatic carboxylic acids is 1. The van der Waals surface area contributed by atoms with Crippen molar-refractivity contribution in [2.24, 2.45) is 0 Å². The number of nitrogens with zero attached hydrogens (tertiary/aromatic N) is 2. The molecule has 0 aliphatic heterocycles. The van der Waals surface area contributed by atoms with Crippen molar-refractivity contribution in [1.82, 2.24) is 9.97 Å². The summed E-state index contributed by atoms with van der Waals surface area (Å²) in [5.41, 5.74) is 3.26. The molecule has 3 aromatic carbocycles. The van der Waals surface area contributed by atoms with E-state index in [0.29, 0.717) is 5.56 Å². The van der Waals surface area contributed by atoms with Crippen molar-refractivity contribution in [1.29, 1.82) is 0 Å². The largest absolute Gasteiger partial charge is 0.476 e. The molecule has 0 spiro atoms. The van der Waals surface area contributed by atoms with E-state index < -0.39 is 12.1 Å². The minimum absolute atomic E-state index is 0.0340. The average molecular weight is 425 g/mol. The van der Waals surface area contributed by atoms with Crippen molar-refractivity contribution in [3.8, 4) is 22.5 Å². The van der Waals surface area contributed by atoms with Gasteiger partial charge in [-0.25, -0.2) is 19.6 Å². The summed E-state index contributed by atoms with van der Waals surface area (Å²) in [6, 6.07) is 26.6. The van der Waals surface area contributed by atoms with E-state index in [0.717, 1.165) is 16.7 Å². The Morgan fingerprint density at radius 3 is 2.03 bits per heavy atom. The van der Waals surface area contributed by atoms with Gasteiger partial charge in [0, 0.05) is 5.56 Å². The molecule has 158 valence electrons. The van der Waals surface area contributed by atoms with Gasteiger partial charge in [0.05, 0.1) is 11.9 Å². The van der Waals surface area contributed by atoms with Crippen molar-refractivity contribution in [3.63, 3.8) is 0 Å². The zero-order valence-corrected chi connectivity index (χ0v) is 16.9. The number of nitrogens with one attached hydrogen (secondary N) is 1. The van der Waals surface area contributed by atoms with E-state index in [2.05, 4.69) is 15.3 Å². The summed E-state index contributed by atoms with van der Waals surface area (Å²) >= 11 is 0. The lowest BCUT2D eigenvalue weighted by Gasteiger charge is -2.10. The first-order valence-corrected chi connectivity index (χ1v) is 9.84. The van der Waals surface area contributed by atoms with Crippen LogP contribution in [0.15, 0.2) is 91.1 Å². The molecule has 2 N–H and O–H groups in total. The number of anilines is 1. The van der Waals surface area contributed by atoms with Crippen molar-refractivity contribution in [2.45, 2.75) is 6.61 Å². The highest BCUT2D eigenvalue weighted by Gasteiger charge is 2.17. The van der Waals surface area contributed by atoms with Crippen molar-refractivity contribution < 1.29 is 19.4 Å². The Morgan fingerprint density at radius 1 is 0.812 bits per heavy atom. The second kappa shape index (κ2) is 9.53. The summed E-state index contributed by atoms with van der Waals surface area (Å²) in [6.07, 6.45) is 0.463. The maximum atomic E-state index is 12.2. The molecule has 0 saturated heterocycles. The summed E-state index contributed by atoms with van der Waals surface area (Å²) in [4.78, 5) is 32.1. The minimum Gasteiger partial charge on any atom is -0.476 e. The normalized spacial score (nSPS) is 10.4. The molecule has 1 heterocycles. The molecule has 0 radical (unpaired) electrons. The summed E-state index contributed by atoms with van der Waals surface area (Å²) in [5.74, 6) is -1.03. The fourth-order valence-electron chi connectivity index (χ4n) is 3.08. The van der Waals surface area contributed by atoms with Crippen LogP contribution in [0.25, 0.3) is 22.5 Å². The quantitative estimate of drug-likeness (QED) is 0.437. The minimum atomic E-state index is -1.28. The maximum absolute atomic E-state index is 12.2. The Morgan fingerprint density at radius 2 is 1.41 bits per heavy atom. The number of hydrogen-bond donors (Lipinski definition) is 2. The van der Waals surface area contributed by atoms with Crippen molar-refractivity contribution >= 4 is 17.7 Å². The zero-order valence-electron chi connectivity index (χ0n) is 16.9. The second-order valence-corrected chi connectivity index (χ2v) is 6.89. The standard InChI is InChI=1S/C25H19N3O4/c29-24(30)22-21(15-26-23(28-22)20-9-5-2-6-10-20)27-25(31)32-16-17-11-13-19(14-12-17)18-7-3-1-4-8-18/h1-15H,16H2,(H,27,31)(H,29,30). The van der Waals surface area contributed by atoms with E-state index in [1.54, 1.807) is 24.3 Å². The molecule has 0 fully saturated rings. The predicted octanol–water partition coefficient (Wildman–Crippen LogP) is 5.26. The van der Waals surface area contributed by atoms with Gasteiger partial charge in [-0.3, -0.25) is 5.32 Å². The molecule has 0 atom stereocenters. The Labute approximate surface area is 184 Å². The summed E-state index contributed by atoms with van der Waals surface area (Å²) < 4.78 is 5.23. The third-order valence-electron chi connectivity index (χ3n) is 4.69. The van der Waals surface area contributed by atoms with E-state index in [9.17, 15) is 14.7 Å². The van der Waals surface area contributed by atoms with Crippen LogP contribution in [-0.4, -0.2) is 27.1 Å². The molecule has 1 amide bonds. The van der Waals surface area contributed by atoms with Gasteiger partial charge in [-0.05, 0) is 16.7 Å². The molecule has 1 aromatic heterocycles. The fourth-order valence-corrected chi connectivity index (χ4v) is 3.08. The molecule has 7 nitrogen and oxygen atoms in total. The van der Waals surface area contributed by atoms with Crippen LogP contribution in [0.4, 0.5) is 10.5 Å². The predicted molar refractivity (Wildman–Crippen MR) is 120 cm³/mol. The van der Waals surface area contributed by atoms with E-state index in [4.69, 9.17) is 4.74 Å². The molecule has 0 unspecified atom stereocenters. The van der Waals surface area contributed by atoms with E-state index in [1.165, 1.54) is 6.20 Å². The molecule has 0 saturated carbocycles. The fraction of sp³-hybridized carbons (Fsp3) is 0.0400. The number of benzene rings is 3. The molecular formula is C25H19N3O4. The molecule has 7 heteroatoms. The monoisotopic (exact) mass is 425 g/mol. The van der Waals surface area contributed by atoms with E-state index >= 15 is 0 Å². The van der Waals surface area contributed by atoms with Crippen molar-refractivity contribution in [2.75, 3.05) is 5.32 Å². The second-order valence-electron chi connectivity index (χ2n) is 6.89. The lowest BCUT2D eigenvalue weighted by Crippen LogP contribution is -2.17. The van der Waals surface area contributed by atoms with Crippen LogP contribution in [-0.2, 0) is 11.3 Å². The van der Waals surface area contributed by atoms with Gasteiger partial charge in [-0.15, -0.1) is 0 Å². The highest BCUT2D eigenvalue weighted by Crippen LogP contribution is 2.21. The SMILES string of the molecule is O=C(Nc1cnc(-c2ccccc2)nc1C(=O)O)OCc1ccc(-c2ccccc2)cc1. The Kier molecular flexibility index (Phi) is 6.17. The maximum Gasteiger partial charge on any atom is 0.412 e. The number of carbonyl (C=O) groups excluding carboxylic acids is 1. The molecule has 0 aliphatic carbocycles. The average Bonchev–Trinajstić information content (AvgIpc) is 2.84. The van der Waals surface area contributed by atoms with Crippen LogP contribution in [0.2, 0.25) is 0 Å². The first-order chi connectivity index (χ1) is 15.6. The van der Waals surface area contributed by atoms with Gasteiger partial charge in [0.1, 0.15) is 6.61 Å². The van der Waals surface area contributed by atoms with Crippen LogP contribution in [0.1, 0.15) is 16.1 Å². The summed E-state index contributed by atoms with van der Waals surface area (Å²) in [5, 5.41) is 11.9. The number of ether oxygens (including phenoxy) is 1. The smallest absolute Gasteiger partial charge is 0.412 e. The van der Waals surface area contributed by atoms with Crippen LogP contribution < -0.4 is 5.32 Å². The van der Waals surface area contributed by atoms with Crippen LogP contribution >= 0.6 is 0 Å². The highest BCUT2D eigenvalue weighted by molar-refractivity contribution is 5.97. The third kappa shape index (κ3) is 4.96. The first-order valence-electron chi connectivity index (χ1n) is 9.84. The van der Waals surface area contributed by atoms with Gasteiger partial charge >= 0.3 is 12.1 Å². The Balaban J connectivity index is 1.41. The summed E-state index contributed by atoms with van der Waals surface area (Å²) in [6.45, 7) is 0.0340. The lowest BCUT2D eigenvalue weighted by molar-refractivity contribution is 0.0691. The molecular weight excluding hydrogens is 406 g/mol. The number of aromatic nitrogens is 2. The van der Waals surface area contributed by atoms with Crippen LogP contribution in [0.5, 0.6) is 0 Å². The van der Waals surface area contributed by atoms with Gasteiger partial charge in [0.15, 0.2) is 11.5 Å². The number of rotatable bonds is 6. The highest BCUT2D eigenvalue weighted by atomic mass is 16.5. The van der Waals surface area contributed by atoms with Crippen LogP contribution in [0, 0.1) is 0 Å². The number of carboxylic acids is 1. The lowest BCUT2D eigenvalue weighted by atomic mass is 10.0. The summed E-state index contributed by atoms with van der Waals surface area (Å²) in [7, 11) is 0. The molecule has 32 heavy (non-hydrogen) atoms. The molecule has 4 rings (SSSR count). The molecule has 0 bridgehead atoms. The van der Waals surface area contributed by atoms with Gasteiger partial charge in [0.2, 0.25) is 0 Å². The topological polar surface area (TPSA) is 101 Å². The number of carboxylic acid groups (broad SMARTS) is 1. The van der Waals surface area contributed by atoms with E-state index in [1.807, 2.05) is 60.7 Å². The van der Waals surface area contributed by atoms with Gasteiger partial charge in [-0.1, -0.05) is 84.9 Å². The van der Waals surface area contributed by atoms with Crippen LogP contribution in [0.3, 0.4) is 0 Å². The van der Waals surface area contributed by atoms with Gasteiger partial charge in [0.25, 0.3) is 0 Å². The number of hydrogen-bond acceptors (Lipinski definition) is 5. The number of amides is 1. The zero-order chi connectivity index (χ0) is 22.3. The Bertz CT molecular complexity index is 1230. The molecule has 0 aliphatic rings.